The summed E-state index contributed by atoms with van der Waals surface area (Å²) in [5.41, 5.74) is 1.58. The summed E-state index contributed by atoms with van der Waals surface area (Å²) in [6.07, 6.45) is 1.43. The lowest BCUT2D eigenvalue weighted by atomic mass is 10.2. The minimum atomic E-state index is -0.510. The predicted octanol–water partition coefficient (Wildman–Crippen LogP) is 6.56. The van der Waals surface area contributed by atoms with E-state index in [9.17, 15) is 10.1 Å². The molecule has 1 aromatic heterocycles. The molecule has 1 heterocycles. The highest BCUT2D eigenvalue weighted by Gasteiger charge is 2.12. The molecule has 0 aliphatic heterocycles. The van der Waals surface area contributed by atoms with Crippen molar-refractivity contribution >= 4 is 29.4 Å². The van der Waals surface area contributed by atoms with Crippen molar-refractivity contribution in [3.63, 3.8) is 0 Å². The molecule has 1 amide bonds. The number of carbonyl (C=O) groups is 1. The molecule has 5 nitrogen and oxygen atoms in total. The number of rotatable bonds is 8. The Morgan fingerprint density at radius 3 is 2.33 bits per heavy atom. The van der Waals surface area contributed by atoms with Gasteiger partial charge in [-0.1, -0.05) is 60.3 Å². The highest BCUT2D eigenvalue weighted by molar-refractivity contribution is 7.99. The number of furan rings is 1. The van der Waals surface area contributed by atoms with Crippen molar-refractivity contribution in [1.82, 2.24) is 0 Å². The van der Waals surface area contributed by atoms with Crippen LogP contribution >= 0.6 is 11.8 Å². The Bertz CT molecular complexity index is 1270. The second-order valence-corrected chi connectivity index (χ2v) is 8.07. The Morgan fingerprint density at radius 1 is 0.939 bits per heavy atom. The lowest BCUT2D eigenvalue weighted by molar-refractivity contribution is -0.112. The molecule has 0 saturated heterocycles. The molecule has 3 aromatic carbocycles. The Kier molecular flexibility index (Phi) is 7.26. The molecule has 6 heteroatoms. The third kappa shape index (κ3) is 6.39. The van der Waals surface area contributed by atoms with Crippen LogP contribution in [0.25, 0.3) is 6.08 Å². The van der Waals surface area contributed by atoms with Gasteiger partial charge in [-0.05, 0) is 54.1 Å². The first kappa shape index (κ1) is 22.0. The minimum Gasteiger partial charge on any atom is -0.489 e. The van der Waals surface area contributed by atoms with Crippen molar-refractivity contribution in [2.75, 3.05) is 5.32 Å². The van der Waals surface area contributed by atoms with E-state index < -0.39 is 5.91 Å². The molecule has 0 spiro atoms. The maximum absolute atomic E-state index is 12.6. The van der Waals surface area contributed by atoms with Crippen LogP contribution in [0.4, 0.5) is 5.69 Å². The number of benzene rings is 3. The molecule has 0 aliphatic carbocycles. The molecule has 0 fully saturated rings. The second kappa shape index (κ2) is 10.9. The number of anilines is 1. The third-order valence-corrected chi connectivity index (χ3v) is 5.50. The Hall–Kier alpha value is -4.21. The molecular formula is C27H20N2O3S. The van der Waals surface area contributed by atoms with Gasteiger partial charge in [0.1, 0.15) is 29.8 Å². The summed E-state index contributed by atoms with van der Waals surface area (Å²) in [5.74, 6) is 0.612. The smallest absolute Gasteiger partial charge is 0.266 e. The number of nitrogens with zero attached hydrogens (tertiary/aromatic N) is 1. The first-order valence-electron chi connectivity index (χ1n) is 10.2. The Morgan fingerprint density at radius 2 is 1.64 bits per heavy atom. The number of hydrogen-bond donors (Lipinski definition) is 1. The first-order chi connectivity index (χ1) is 16.2. The van der Waals surface area contributed by atoms with Gasteiger partial charge in [-0.15, -0.1) is 0 Å². The van der Waals surface area contributed by atoms with E-state index in [1.54, 1.807) is 30.3 Å². The number of nitrogens with one attached hydrogen (secondary N) is 1. The van der Waals surface area contributed by atoms with E-state index in [2.05, 4.69) is 5.32 Å². The molecule has 1 N–H and O–H groups in total. The molecule has 0 bridgehead atoms. The second-order valence-electron chi connectivity index (χ2n) is 6.99. The fourth-order valence-electron chi connectivity index (χ4n) is 2.94. The largest absolute Gasteiger partial charge is 0.489 e. The van der Waals surface area contributed by atoms with E-state index in [1.165, 1.54) is 17.8 Å². The fraction of sp³-hybridized carbons (Fsp3) is 0.0370. The fourth-order valence-corrected chi connectivity index (χ4v) is 3.74. The molecular weight excluding hydrogens is 432 g/mol. The van der Waals surface area contributed by atoms with E-state index in [0.717, 1.165) is 10.5 Å². The van der Waals surface area contributed by atoms with Gasteiger partial charge in [0, 0.05) is 16.7 Å². The standard InChI is InChI=1S/C27H20N2O3S/c28-18-21(17-24-15-16-26(32-24)33-25-9-5-2-6-10-25)27(30)29-22-11-13-23(14-12-22)31-19-20-7-3-1-4-8-20/h1-17H,19H2,(H,29,30)/b21-17+. The summed E-state index contributed by atoms with van der Waals surface area (Å²) in [5, 5.41) is 12.9. The first-order valence-corrected chi connectivity index (χ1v) is 11.0. The van der Waals surface area contributed by atoms with Crippen LogP contribution in [0.5, 0.6) is 5.75 Å². The van der Waals surface area contributed by atoms with Gasteiger partial charge in [-0.2, -0.15) is 5.26 Å². The van der Waals surface area contributed by atoms with Crippen molar-refractivity contribution in [1.29, 1.82) is 5.26 Å². The molecule has 0 saturated carbocycles. The van der Waals surface area contributed by atoms with Crippen LogP contribution in [0.15, 0.2) is 117 Å². The summed E-state index contributed by atoms with van der Waals surface area (Å²) in [7, 11) is 0. The SMILES string of the molecule is N#C/C(=C\c1ccc(Sc2ccccc2)o1)C(=O)Nc1ccc(OCc2ccccc2)cc1. The maximum atomic E-state index is 12.6. The third-order valence-electron chi connectivity index (χ3n) is 4.58. The monoisotopic (exact) mass is 452 g/mol. The molecule has 0 aliphatic rings. The highest BCUT2D eigenvalue weighted by atomic mass is 32.2. The van der Waals surface area contributed by atoms with Crippen molar-refractivity contribution < 1.29 is 13.9 Å². The summed E-state index contributed by atoms with van der Waals surface area (Å²) >= 11 is 1.47. The van der Waals surface area contributed by atoms with Crippen LogP contribution in [0, 0.1) is 11.3 Å². The number of nitriles is 1. The van der Waals surface area contributed by atoms with E-state index in [1.807, 2.05) is 72.8 Å². The van der Waals surface area contributed by atoms with Gasteiger partial charge < -0.3 is 14.5 Å². The molecule has 4 rings (SSSR count). The zero-order valence-electron chi connectivity index (χ0n) is 17.6. The van der Waals surface area contributed by atoms with Gasteiger partial charge in [-0.25, -0.2) is 0 Å². The molecule has 0 atom stereocenters. The van der Waals surface area contributed by atoms with Gasteiger partial charge in [0.25, 0.3) is 5.91 Å². The van der Waals surface area contributed by atoms with Crippen molar-refractivity contribution in [3.05, 3.63) is 114 Å². The van der Waals surface area contributed by atoms with E-state index in [4.69, 9.17) is 9.15 Å². The predicted molar refractivity (Wildman–Crippen MR) is 129 cm³/mol. The van der Waals surface area contributed by atoms with Crippen LogP contribution in [-0.4, -0.2) is 5.91 Å². The highest BCUT2D eigenvalue weighted by Crippen LogP contribution is 2.29. The molecule has 162 valence electrons. The van der Waals surface area contributed by atoms with Crippen molar-refractivity contribution in [3.8, 4) is 11.8 Å². The quantitative estimate of drug-likeness (QED) is 0.242. The summed E-state index contributed by atoms with van der Waals surface area (Å²) in [6.45, 7) is 0.460. The van der Waals surface area contributed by atoms with Crippen LogP contribution in [0.1, 0.15) is 11.3 Å². The zero-order valence-corrected chi connectivity index (χ0v) is 18.4. The molecule has 0 radical (unpaired) electrons. The minimum absolute atomic E-state index is 0.0509. The average Bonchev–Trinajstić information content (AvgIpc) is 3.30. The Labute approximate surface area is 196 Å². The topological polar surface area (TPSA) is 75.3 Å². The average molecular weight is 453 g/mol. The van der Waals surface area contributed by atoms with E-state index in [-0.39, 0.29) is 5.57 Å². The van der Waals surface area contributed by atoms with Crippen LogP contribution in [0.2, 0.25) is 0 Å². The lowest BCUT2D eigenvalue weighted by Gasteiger charge is -2.08. The van der Waals surface area contributed by atoms with E-state index >= 15 is 0 Å². The number of carbonyl (C=O) groups excluding carboxylic acids is 1. The van der Waals surface area contributed by atoms with Gasteiger partial charge in [0.05, 0.1) is 0 Å². The molecule has 0 unspecified atom stereocenters. The van der Waals surface area contributed by atoms with Crippen LogP contribution in [0.3, 0.4) is 0 Å². The van der Waals surface area contributed by atoms with E-state index in [0.29, 0.717) is 28.9 Å². The van der Waals surface area contributed by atoms with Crippen LogP contribution < -0.4 is 10.1 Å². The van der Waals surface area contributed by atoms with Crippen molar-refractivity contribution in [2.45, 2.75) is 16.6 Å². The van der Waals surface area contributed by atoms with Gasteiger partial charge in [0.2, 0.25) is 0 Å². The zero-order chi connectivity index (χ0) is 22.9. The molecule has 33 heavy (non-hydrogen) atoms. The number of hydrogen-bond acceptors (Lipinski definition) is 5. The summed E-state index contributed by atoms with van der Waals surface area (Å²) in [4.78, 5) is 13.6. The Balaban J connectivity index is 1.35. The number of amides is 1. The van der Waals surface area contributed by atoms with Gasteiger partial charge in [-0.3, -0.25) is 4.79 Å². The van der Waals surface area contributed by atoms with Gasteiger partial charge in [0.15, 0.2) is 5.09 Å². The lowest BCUT2D eigenvalue weighted by Crippen LogP contribution is -2.13. The summed E-state index contributed by atoms with van der Waals surface area (Å²) < 4.78 is 11.5. The number of ether oxygens (including phenoxy) is 1. The normalized spacial score (nSPS) is 10.9. The molecule has 4 aromatic rings. The maximum Gasteiger partial charge on any atom is 0.266 e. The van der Waals surface area contributed by atoms with Crippen LogP contribution in [-0.2, 0) is 11.4 Å². The summed E-state index contributed by atoms with van der Waals surface area (Å²) in [6, 6.07) is 32.2. The van der Waals surface area contributed by atoms with Crippen molar-refractivity contribution in [2.24, 2.45) is 0 Å². The van der Waals surface area contributed by atoms with Gasteiger partial charge >= 0.3 is 0 Å².